The van der Waals surface area contributed by atoms with Crippen LogP contribution in [0.3, 0.4) is 0 Å². The minimum Gasteiger partial charge on any atom is -0.310 e. The van der Waals surface area contributed by atoms with Crippen LogP contribution in [0.2, 0.25) is 0 Å². The molecule has 23 heavy (non-hydrogen) atoms. The highest BCUT2D eigenvalue weighted by molar-refractivity contribution is 8.00. The number of aromatic nitrogens is 2. The Bertz CT molecular complexity index is 725. The molecule has 0 radical (unpaired) electrons. The number of thioether (sulfide) groups is 1. The number of sulfone groups is 1. The fraction of sp³-hybridized carbons (Fsp3) is 0.733. The Balaban J connectivity index is 2.02. The summed E-state index contributed by atoms with van der Waals surface area (Å²) in [6.07, 6.45) is 1.54. The van der Waals surface area contributed by atoms with Crippen LogP contribution in [-0.4, -0.2) is 41.4 Å². The van der Waals surface area contributed by atoms with E-state index in [9.17, 15) is 13.2 Å². The van der Waals surface area contributed by atoms with Crippen LogP contribution >= 0.6 is 11.8 Å². The molecule has 3 rings (SSSR count). The lowest BCUT2D eigenvalue weighted by molar-refractivity contribution is -0.113. The molecule has 1 amide bonds. The van der Waals surface area contributed by atoms with Crippen molar-refractivity contribution in [3.05, 3.63) is 11.3 Å². The summed E-state index contributed by atoms with van der Waals surface area (Å²) in [4.78, 5) is 12.1. The lowest BCUT2D eigenvalue weighted by atomic mass is 10.0. The third-order valence-corrected chi connectivity index (χ3v) is 7.38. The van der Waals surface area contributed by atoms with E-state index in [4.69, 9.17) is 0 Å². The molecule has 0 saturated carbocycles. The van der Waals surface area contributed by atoms with Crippen molar-refractivity contribution >= 4 is 33.3 Å². The highest BCUT2D eigenvalue weighted by Crippen LogP contribution is 2.43. The van der Waals surface area contributed by atoms with Gasteiger partial charge in [-0.25, -0.2) is 13.1 Å². The number of anilines is 1. The summed E-state index contributed by atoms with van der Waals surface area (Å²) >= 11 is 1.65. The molecule has 2 aliphatic heterocycles. The Morgan fingerprint density at radius 3 is 2.78 bits per heavy atom. The third kappa shape index (κ3) is 3.42. The maximum Gasteiger partial charge on any atom is 0.235 e. The first-order valence-corrected chi connectivity index (χ1v) is 10.8. The predicted molar refractivity (Wildman–Crippen MR) is 92.6 cm³/mol. The van der Waals surface area contributed by atoms with Crippen molar-refractivity contribution < 1.29 is 13.2 Å². The first-order chi connectivity index (χ1) is 10.8. The number of rotatable bonds is 3. The third-order valence-electron chi connectivity index (χ3n) is 4.37. The zero-order valence-electron chi connectivity index (χ0n) is 13.7. The first-order valence-electron chi connectivity index (χ1n) is 7.97. The van der Waals surface area contributed by atoms with Gasteiger partial charge in [-0.1, -0.05) is 13.8 Å². The second-order valence-electron chi connectivity index (χ2n) is 6.83. The van der Waals surface area contributed by atoms with Crippen molar-refractivity contribution in [2.24, 2.45) is 5.92 Å². The van der Waals surface area contributed by atoms with E-state index in [2.05, 4.69) is 24.3 Å². The van der Waals surface area contributed by atoms with Crippen molar-refractivity contribution in [3.8, 4) is 0 Å². The van der Waals surface area contributed by atoms with Crippen LogP contribution in [0.1, 0.15) is 49.2 Å². The summed E-state index contributed by atoms with van der Waals surface area (Å²) in [5.41, 5.74) is 1.96. The maximum atomic E-state index is 12.1. The molecule has 6 nitrogen and oxygen atoms in total. The summed E-state index contributed by atoms with van der Waals surface area (Å²) in [6, 6.07) is -0.175. The standard InChI is InChI=1S/C15H23N3O3S2/c1-9(2)6-12-14-10(3)17-18(11-4-5-23(20,21)8-11)15(14)16-13(19)7-22-12/h9,11-12H,4-8H2,1-3H3,(H,16,19)/t11-,12+/m1/s1. The number of amides is 1. The fourth-order valence-electron chi connectivity index (χ4n) is 3.34. The smallest absolute Gasteiger partial charge is 0.235 e. The van der Waals surface area contributed by atoms with Crippen molar-refractivity contribution in [1.29, 1.82) is 0 Å². The van der Waals surface area contributed by atoms with Gasteiger partial charge in [0.2, 0.25) is 5.91 Å². The van der Waals surface area contributed by atoms with Gasteiger partial charge in [0.25, 0.3) is 0 Å². The minimum absolute atomic E-state index is 0.0375. The largest absolute Gasteiger partial charge is 0.310 e. The van der Waals surface area contributed by atoms with E-state index in [1.807, 2.05) is 6.92 Å². The van der Waals surface area contributed by atoms with Gasteiger partial charge in [-0.3, -0.25) is 4.79 Å². The van der Waals surface area contributed by atoms with Crippen LogP contribution in [0.5, 0.6) is 0 Å². The Morgan fingerprint density at radius 1 is 1.43 bits per heavy atom. The molecule has 3 heterocycles. The summed E-state index contributed by atoms with van der Waals surface area (Å²) in [5.74, 6) is 1.93. The second-order valence-corrected chi connectivity index (χ2v) is 10.2. The van der Waals surface area contributed by atoms with Crippen LogP contribution < -0.4 is 5.32 Å². The number of carbonyl (C=O) groups excluding carboxylic acids is 1. The molecule has 1 aromatic heterocycles. The lowest BCUT2D eigenvalue weighted by Crippen LogP contribution is -2.20. The van der Waals surface area contributed by atoms with E-state index >= 15 is 0 Å². The van der Waals surface area contributed by atoms with Crippen LogP contribution in [0.15, 0.2) is 0 Å². The molecular formula is C15H23N3O3S2. The van der Waals surface area contributed by atoms with Crippen molar-refractivity contribution in [2.75, 3.05) is 22.6 Å². The molecule has 0 unspecified atom stereocenters. The van der Waals surface area contributed by atoms with Gasteiger partial charge < -0.3 is 5.32 Å². The van der Waals surface area contributed by atoms with E-state index in [1.54, 1.807) is 16.4 Å². The zero-order chi connectivity index (χ0) is 16.8. The average Bonchev–Trinajstić information content (AvgIpc) is 2.89. The number of aryl methyl sites for hydroxylation is 1. The van der Waals surface area contributed by atoms with E-state index in [0.29, 0.717) is 23.9 Å². The van der Waals surface area contributed by atoms with E-state index < -0.39 is 9.84 Å². The molecule has 1 aromatic rings. The van der Waals surface area contributed by atoms with Gasteiger partial charge >= 0.3 is 0 Å². The molecule has 0 spiro atoms. The van der Waals surface area contributed by atoms with Gasteiger partial charge in [-0.05, 0) is 25.7 Å². The summed E-state index contributed by atoms with van der Waals surface area (Å²) in [6.45, 7) is 6.29. The Kier molecular flexibility index (Phi) is 4.48. The Labute approximate surface area is 141 Å². The summed E-state index contributed by atoms with van der Waals surface area (Å²) in [5, 5.41) is 7.78. The van der Waals surface area contributed by atoms with Gasteiger partial charge in [0.15, 0.2) is 9.84 Å². The van der Waals surface area contributed by atoms with Gasteiger partial charge in [0, 0.05) is 10.8 Å². The fourth-order valence-corrected chi connectivity index (χ4v) is 6.43. The van der Waals surface area contributed by atoms with E-state index in [-0.39, 0.29) is 28.7 Å². The minimum atomic E-state index is -2.99. The first kappa shape index (κ1) is 16.8. The van der Waals surface area contributed by atoms with Gasteiger partial charge in [-0.15, -0.1) is 11.8 Å². The number of nitrogens with zero attached hydrogens (tertiary/aromatic N) is 2. The van der Waals surface area contributed by atoms with Crippen LogP contribution in [0.25, 0.3) is 0 Å². The van der Waals surface area contributed by atoms with Gasteiger partial charge in [0.1, 0.15) is 5.82 Å². The molecule has 1 saturated heterocycles. The summed E-state index contributed by atoms with van der Waals surface area (Å²) in [7, 11) is -2.99. The lowest BCUT2D eigenvalue weighted by Gasteiger charge is -2.17. The molecule has 0 bridgehead atoms. The molecule has 2 atom stereocenters. The Morgan fingerprint density at radius 2 is 2.17 bits per heavy atom. The highest BCUT2D eigenvalue weighted by atomic mass is 32.2. The zero-order valence-corrected chi connectivity index (χ0v) is 15.3. The van der Waals surface area contributed by atoms with Crippen molar-refractivity contribution in [1.82, 2.24) is 9.78 Å². The van der Waals surface area contributed by atoms with Crippen molar-refractivity contribution in [2.45, 2.75) is 44.9 Å². The number of carbonyl (C=O) groups is 1. The maximum absolute atomic E-state index is 12.1. The molecule has 1 N–H and O–H groups in total. The van der Waals surface area contributed by atoms with Crippen LogP contribution in [0, 0.1) is 12.8 Å². The molecular weight excluding hydrogens is 334 g/mol. The average molecular weight is 358 g/mol. The van der Waals surface area contributed by atoms with Crippen LogP contribution in [-0.2, 0) is 14.6 Å². The topological polar surface area (TPSA) is 81.1 Å². The number of fused-ring (bicyclic) bond motifs is 1. The monoisotopic (exact) mass is 357 g/mol. The predicted octanol–water partition coefficient (Wildman–Crippen LogP) is 2.32. The molecule has 2 aliphatic rings. The number of hydrogen-bond acceptors (Lipinski definition) is 5. The van der Waals surface area contributed by atoms with Gasteiger partial charge in [0.05, 0.1) is 29.0 Å². The summed E-state index contributed by atoms with van der Waals surface area (Å²) < 4.78 is 25.4. The van der Waals surface area contributed by atoms with E-state index in [1.165, 1.54) is 0 Å². The normalized spacial score (nSPS) is 26.9. The Hall–Kier alpha value is -1.02. The SMILES string of the molecule is Cc1nn([C@@H]2CCS(=O)(=O)C2)c2c1[C@H](CC(C)C)SCC(=O)N2. The number of hydrogen-bond donors (Lipinski definition) is 1. The van der Waals surface area contributed by atoms with Crippen LogP contribution in [0.4, 0.5) is 5.82 Å². The quantitative estimate of drug-likeness (QED) is 0.898. The molecule has 1 fully saturated rings. The molecule has 128 valence electrons. The number of nitrogens with one attached hydrogen (secondary N) is 1. The van der Waals surface area contributed by atoms with Gasteiger partial charge in [-0.2, -0.15) is 5.10 Å². The second kappa shape index (κ2) is 6.12. The molecule has 0 aromatic carbocycles. The molecule has 0 aliphatic carbocycles. The highest BCUT2D eigenvalue weighted by Gasteiger charge is 2.35. The molecule has 8 heteroatoms. The van der Waals surface area contributed by atoms with E-state index in [0.717, 1.165) is 17.7 Å². The van der Waals surface area contributed by atoms with Crippen molar-refractivity contribution in [3.63, 3.8) is 0 Å².